The van der Waals surface area contributed by atoms with E-state index in [4.69, 9.17) is 0 Å². The molecule has 0 aliphatic carbocycles. The molecule has 4 heteroatoms. The zero-order valence-corrected chi connectivity index (χ0v) is 11.1. The van der Waals surface area contributed by atoms with E-state index in [1.54, 1.807) is 16.7 Å². The lowest BCUT2D eigenvalue weighted by molar-refractivity contribution is 0.251. The Balaban J connectivity index is 1.67. The smallest absolute Gasteiger partial charge is 0.250 e. The highest BCUT2D eigenvalue weighted by atomic mass is 16.1. The van der Waals surface area contributed by atoms with Crippen LogP contribution in [-0.2, 0) is 6.54 Å². The number of likely N-dealkylation sites (tertiary alicyclic amines) is 1. The summed E-state index contributed by atoms with van der Waals surface area (Å²) in [7, 11) is 0. The number of nitrogens with one attached hydrogen (secondary N) is 1. The molecule has 1 unspecified atom stereocenters. The predicted octanol–water partition coefficient (Wildman–Crippen LogP) is 0.922. The molecule has 18 heavy (non-hydrogen) atoms. The van der Waals surface area contributed by atoms with Crippen LogP contribution >= 0.6 is 0 Å². The van der Waals surface area contributed by atoms with Crippen LogP contribution < -0.4 is 10.9 Å². The predicted molar refractivity (Wildman–Crippen MR) is 73.8 cm³/mol. The minimum atomic E-state index is 0.0758. The van der Waals surface area contributed by atoms with E-state index < -0.39 is 0 Å². The Kier molecular flexibility index (Phi) is 4.96. The molecule has 0 spiro atoms. The molecule has 100 valence electrons. The van der Waals surface area contributed by atoms with Gasteiger partial charge in [0.25, 0.3) is 5.56 Å². The van der Waals surface area contributed by atoms with Crippen molar-refractivity contribution in [1.29, 1.82) is 0 Å². The summed E-state index contributed by atoms with van der Waals surface area (Å²) < 4.78 is 1.74. The molecule has 1 fully saturated rings. The van der Waals surface area contributed by atoms with Gasteiger partial charge in [0.1, 0.15) is 0 Å². The van der Waals surface area contributed by atoms with Gasteiger partial charge in [-0.25, -0.2) is 0 Å². The van der Waals surface area contributed by atoms with Crippen LogP contribution in [0.2, 0.25) is 0 Å². The molecule has 2 heterocycles. The first-order valence-electron chi connectivity index (χ1n) is 6.87. The SMILES string of the molecule is CC(CNCCn1ccccc1=O)N1CCCC1. The fourth-order valence-corrected chi connectivity index (χ4v) is 2.47. The highest BCUT2D eigenvalue weighted by Gasteiger charge is 2.16. The first kappa shape index (κ1) is 13.3. The van der Waals surface area contributed by atoms with Crippen LogP contribution in [0, 0.1) is 0 Å². The first-order valence-corrected chi connectivity index (χ1v) is 6.87. The van der Waals surface area contributed by atoms with Crippen molar-refractivity contribution in [2.75, 3.05) is 26.2 Å². The third-order valence-corrected chi connectivity index (χ3v) is 3.63. The number of hydrogen-bond acceptors (Lipinski definition) is 3. The first-order chi connectivity index (χ1) is 8.77. The lowest BCUT2D eigenvalue weighted by atomic mass is 10.3. The molecule has 4 nitrogen and oxygen atoms in total. The molecule has 1 aliphatic rings. The Labute approximate surface area is 109 Å². The zero-order valence-electron chi connectivity index (χ0n) is 11.1. The van der Waals surface area contributed by atoms with Crippen LogP contribution in [0.1, 0.15) is 19.8 Å². The quantitative estimate of drug-likeness (QED) is 0.762. The van der Waals surface area contributed by atoms with Gasteiger partial charge in [0, 0.05) is 37.9 Å². The molecule has 1 N–H and O–H groups in total. The summed E-state index contributed by atoms with van der Waals surface area (Å²) >= 11 is 0. The molecule has 1 saturated heterocycles. The molecule has 0 amide bonds. The number of nitrogens with zero attached hydrogens (tertiary/aromatic N) is 2. The van der Waals surface area contributed by atoms with Crippen LogP contribution in [0.3, 0.4) is 0 Å². The van der Waals surface area contributed by atoms with E-state index in [9.17, 15) is 4.79 Å². The average Bonchev–Trinajstić information content (AvgIpc) is 2.90. The maximum atomic E-state index is 11.5. The maximum Gasteiger partial charge on any atom is 0.250 e. The van der Waals surface area contributed by atoms with Gasteiger partial charge in [-0.3, -0.25) is 9.69 Å². The van der Waals surface area contributed by atoms with Gasteiger partial charge in [-0.2, -0.15) is 0 Å². The molecular weight excluding hydrogens is 226 g/mol. The Morgan fingerprint density at radius 1 is 1.33 bits per heavy atom. The van der Waals surface area contributed by atoms with E-state index in [-0.39, 0.29) is 5.56 Å². The Bertz CT molecular complexity index is 410. The summed E-state index contributed by atoms with van der Waals surface area (Å²) in [5.41, 5.74) is 0.0758. The number of hydrogen-bond donors (Lipinski definition) is 1. The van der Waals surface area contributed by atoms with Crippen molar-refractivity contribution in [2.24, 2.45) is 0 Å². The summed E-state index contributed by atoms with van der Waals surface area (Å²) in [6.07, 6.45) is 4.52. The lowest BCUT2D eigenvalue weighted by Gasteiger charge is -2.24. The number of pyridine rings is 1. The second-order valence-electron chi connectivity index (χ2n) is 5.03. The molecule has 2 rings (SSSR count). The van der Waals surface area contributed by atoms with Crippen LogP contribution in [0.5, 0.6) is 0 Å². The maximum absolute atomic E-state index is 11.5. The second-order valence-corrected chi connectivity index (χ2v) is 5.03. The highest BCUT2D eigenvalue weighted by molar-refractivity contribution is 4.93. The van der Waals surface area contributed by atoms with Crippen molar-refractivity contribution in [2.45, 2.75) is 32.4 Å². The van der Waals surface area contributed by atoms with Crippen molar-refractivity contribution in [3.8, 4) is 0 Å². The van der Waals surface area contributed by atoms with Gasteiger partial charge in [0.05, 0.1) is 0 Å². The summed E-state index contributed by atoms with van der Waals surface area (Å²) in [5, 5.41) is 3.44. The minimum Gasteiger partial charge on any atom is -0.314 e. The normalized spacial score (nSPS) is 18.1. The van der Waals surface area contributed by atoms with Crippen LogP contribution in [0.25, 0.3) is 0 Å². The number of aromatic nitrogens is 1. The van der Waals surface area contributed by atoms with Crippen LogP contribution in [0.15, 0.2) is 29.2 Å². The van der Waals surface area contributed by atoms with Crippen LogP contribution in [0.4, 0.5) is 0 Å². The molecule has 0 aromatic carbocycles. The molecular formula is C14H23N3O. The molecule has 1 aromatic heterocycles. The molecule has 1 aliphatic heterocycles. The van der Waals surface area contributed by atoms with Crippen molar-refractivity contribution < 1.29 is 0 Å². The Morgan fingerprint density at radius 2 is 2.11 bits per heavy atom. The van der Waals surface area contributed by atoms with Gasteiger partial charge < -0.3 is 9.88 Å². The molecule has 0 radical (unpaired) electrons. The van der Waals surface area contributed by atoms with Gasteiger partial charge in [-0.05, 0) is 38.9 Å². The van der Waals surface area contributed by atoms with E-state index in [0.29, 0.717) is 6.04 Å². The minimum absolute atomic E-state index is 0.0758. The summed E-state index contributed by atoms with van der Waals surface area (Å²) in [4.78, 5) is 14.0. The highest BCUT2D eigenvalue weighted by Crippen LogP contribution is 2.10. The van der Waals surface area contributed by atoms with Gasteiger partial charge >= 0.3 is 0 Å². The van der Waals surface area contributed by atoms with E-state index >= 15 is 0 Å². The van der Waals surface area contributed by atoms with Crippen LogP contribution in [-0.4, -0.2) is 41.7 Å². The van der Waals surface area contributed by atoms with E-state index in [1.807, 2.05) is 12.3 Å². The van der Waals surface area contributed by atoms with Gasteiger partial charge in [-0.15, -0.1) is 0 Å². The van der Waals surface area contributed by atoms with E-state index in [0.717, 1.165) is 19.6 Å². The van der Waals surface area contributed by atoms with Crippen molar-refractivity contribution in [3.63, 3.8) is 0 Å². The zero-order chi connectivity index (χ0) is 12.8. The molecule has 1 aromatic rings. The van der Waals surface area contributed by atoms with Crippen molar-refractivity contribution in [3.05, 3.63) is 34.7 Å². The van der Waals surface area contributed by atoms with E-state index in [2.05, 4.69) is 17.1 Å². The topological polar surface area (TPSA) is 37.3 Å². The van der Waals surface area contributed by atoms with E-state index in [1.165, 1.54) is 25.9 Å². The number of rotatable bonds is 6. The van der Waals surface area contributed by atoms with Gasteiger partial charge in [0.2, 0.25) is 0 Å². The van der Waals surface area contributed by atoms with Gasteiger partial charge in [0.15, 0.2) is 0 Å². The molecule has 0 bridgehead atoms. The average molecular weight is 249 g/mol. The molecule has 1 atom stereocenters. The largest absolute Gasteiger partial charge is 0.314 e. The standard InChI is InChI=1S/C14H23N3O/c1-13(16-8-4-5-9-16)12-15-7-11-17-10-3-2-6-14(17)18/h2-3,6,10,13,15H,4-5,7-9,11-12H2,1H3. The fourth-order valence-electron chi connectivity index (χ4n) is 2.47. The summed E-state index contributed by atoms with van der Waals surface area (Å²) in [5.74, 6) is 0. The lowest BCUT2D eigenvalue weighted by Crippen LogP contribution is -2.39. The third kappa shape index (κ3) is 3.68. The second kappa shape index (κ2) is 6.71. The Morgan fingerprint density at radius 3 is 2.83 bits per heavy atom. The Hall–Kier alpha value is -1.13. The van der Waals surface area contributed by atoms with Gasteiger partial charge in [-0.1, -0.05) is 6.07 Å². The summed E-state index contributed by atoms with van der Waals surface area (Å²) in [6, 6.07) is 5.88. The van der Waals surface area contributed by atoms with Crippen molar-refractivity contribution in [1.82, 2.24) is 14.8 Å². The monoisotopic (exact) mass is 249 g/mol. The van der Waals surface area contributed by atoms with Crippen molar-refractivity contribution >= 4 is 0 Å². The summed E-state index contributed by atoms with van der Waals surface area (Å²) in [6.45, 7) is 7.34. The molecule has 0 saturated carbocycles. The third-order valence-electron chi connectivity index (χ3n) is 3.63. The fraction of sp³-hybridized carbons (Fsp3) is 0.643.